The number of nitrogens with zero attached hydrogens (tertiary/aromatic N) is 7. The highest BCUT2D eigenvalue weighted by atomic mass is 127. The van der Waals surface area contributed by atoms with Crippen LogP contribution >= 0.6 is 34.2 Å². The van der Waals surface area contributed by atoms with Crippen LogP contribution in [0.3, 0.4) is 0 Å². The number of ether oxygens (including phenoxy) is 2. The van der Waals surface area contributed by atoms with E-state index >= 15 is 4.39 Å². The summed E-state index contributed by atoms with van der Waals surface area (Å²) in [6, 6.07) is 36.1. The summed E-state index contributed by atoms with van der Waals surface area (Å²) in [5.74, 6) is -0.210. The molecule has 62 heavy (non-hydrogen) atoms. The molecule has 3 atom stereocenters. The van der Waals surface area contributed by atoms with Gasteiger partial charge in [-0.15, -0.1) is 0 Å². The first-order valence-corrected chi connectivity index (χ1v) is 22.2. The molecule has 2 aliphatic rings. The van der Waals surface area contributed by atoms with E-state index in [1.165, 1.54) is 4.90 Å². The van der Waals surface area contributed by atoms with E-state index in [9.17, 15) is 9.90 Å². The predicted octanol–water partition coefficient (Wildman–Crippen LogP) is 9.48. The number of fused-ring (bicyclic) bond motifs is 2. The Bertz CT molecular complexity index is 2680. The van der Waals surface area contributed by atoms with Crippen LogP contribution in [-0.2, 0) is 10.3 Å². The smallest absolute Gasteiger partial charge is 0.407 e. The maximum atomic E-state index is 18.0. The van der Waals surface area contributed by atoms with E-state index in [4.69, 9.17) is 36.1 Å². The molecule has 5 aromatic carbocycles. The Labute approximate surface area is 378 Å². The predicted molar refractivity (Wildman–Crippen MR) is 249 cm³/mol. The minimum atomic E-state index is -0.993. The number of anilines is 1. The minimum absolute atomic E-state index is 0.00675. The van der Waals surface area contributed by atoms with Crippen molar-refractivity contribution < 1.29 is 23.8 Å². The summed E-state index contributed by atoms with van der Waals surface area (Å²) >= 11 is 9.59. The molecule has 0 spiro atoms. The van der Waals surface area contributed by atoms with Crippen molar-refractivity contribution >= 4 is 67.9 Å². The lowest BCUT2D eigenvalue weighted by molar-refractivity contribution is -0.0416. The molecule has 4 heterocycles. The van der Waals surface area contributed by atoms with Gasteiger partial charge in [-0.05, 0) is 84.8 Å². The molecule has 1 N–H and O–H groups in total. The van der Waals surface area contributed by atoms with Crippen LogP contribution in [0, 0.1) is 16.4 Å². The average molecular weight is 966 g/mol. The van der Waals surface area contributed by atoms with Crippen molar-refractivity contribution in [1.82, 2.24) is 29.5 Å². The zero-order valence-electron chi connectivity index (χ0n) is 34.8. The van der Waals surface area contributed by atoms with Gasteiger partial charge in [-0.2, -0.15) is 15.1 Å². The number of rotatable bonds is 9. The number of likely N-dealkylation sites (N-methyl/N-ethyl adjacent to an activating group) is 1. The summed E-state index contributed by atoms with van der Waals surface area (Å²) in [6.07, 6.45) is -1.22. The topological polar surface area (TPSA) is 109 Å². The van der Waals surface area contributed by atoms with Gasteiger partial charge < -0.3 is 29.3 Å². The van der Waals surface area contributed by atoms with Crippen molar-refractivity contribution in [1.29, 1.82) is 0 Å². The third-order valence-electron chi connectivity index (χ3n) is 12.2. The largest absolute Gasteiger partial charge is 0.465 e. The third kappa shape index (κ3) is 7.31. The number of halogens is 3. The van der Waals surface area contributed by atoms with E-state index in [-0.39, 0.29) is 53.5 Å². The Hall–Kier alpha value is -5.35. The van der Waals surface area contributed by atoms with Gasteiger partial charge in [0.1, 0.15) is 33.3 Å². The summed E-state index contributed by atoms with van der Waals surface area (Å²) < 4.78 is 33.0. The van der Waals surface area contributed by atoms with Crippen LogP contribution in [0.5, 0.6) is 6.01 Å². The zero-order valence-corrected chi connectivity index (χ0v) is 37.7. The number of amides is 1. The van der Waals surface area contributed by atoms with Gasteiger partial charge in [-0.1, -0.05) is 109 Å². The van der Waals surface area contributed by atoms with Gasteiger partial charge >= 0.3 is 12.1 Å². The summed E-state index contributed by atoms with van der Waals surface area (Å²) in [4.78, 5) is 27.3. The van der Waals surface area contributed by atoms with Crippen molar-refractivity contribution in [3.05, 3.63) is 146 Å². The number of hydrogen-bond acceptors (Lipinski definition) is 8. The number of aromatic nitrogens is 4. The van der Waals surface area contributed by atoms with Gasteiger partial charge in [0.2, 0.25) is 0 Å². The van der Waals surface area contributed by atoms with Gasteiger partial charge in [-0.25, -0.2) is 13.9 Å². The molecule has 9 rings (SSSR count). The first-order chi connectivity index (χ1) is 30.0. The number of aryl methyl sites for hydroxylation is 1. The van der Waals surface area contributed by atoms with Gasteiger partial charge in [0, 0.05) is 60.2 Å². The summed E-state index contributed by atoms with van der Waals surface area (Å²) in [5, 5.41) is 16.6. The minimum Gasteiger partial charge on any atom is -0.465 e. The highest BCUT2D eigenvalue weighted by Crippen LogP contribution is 2.48. The summed E-state index contributed by atoms with van der Waals surface area (Å²) in [7, 11) is 2.03. The normalized spacial score (nSPS) is 18.7. The molecule has 7 aromatic rings. The molecule has 2 aromatic heterocycles. The van der Waals surface area contributed by atoms with E-state index in [1.54, 1.807) is 6.07 Å². The molecule has 2 aliphatic heterocycles. The fourth-order valence-corrected chi connectivity index (χ4v) is 10.3. The van der Waals surface area contributed by atoms with Crippen molar-refractivity contribution in [2.24, 2.45) is 0 Å². The third-order valence-corrected chi connectivity index (χ3v) is 13.3. The van der Waals surface area contributed by atoms with E-state index in [1.807, 2.05) is 93.4 Å². The lowest BCUT2D eigenvalue weighted by Gasteiger charge is -2.43. The zero-order chi connectivity index (χ0) is 43.3. The quantitative estimate of drug-likeness (QED) is 0.112. The second-order valence-corrected chi connectivity index (χ2v) is 17.7. The molecule has 1 amide bonds. The maximum absolute atomic E-state index is 18.0. The lowest BCUT2D eigenvalue weighted by atomic mass is 9.77. The van der Waals surface area contributed by atoms with E-state index in [0.717, 1.165) is 39.7 Å². The van der Waals surface area contributed by atoms with Crippen LogP contribution in [0.1, 0.15) is 36.1 Å². The molecule has 318 valence electrons. The van der Waals surface area contributed by atoms with Crippen molar-refractivity contribution in [2.45, 2.75) is 44.5 Å². The molecule has 14 heteroatoms. The molecule has 0 bridgehead atoms. The number of carbonyl (C=O) groups is 1. The van der Waals surface area contributed by atoms with Crippen LogP contribution in [0.25, 0.3) is 32.9 Å². The first kappa shape index (κ1) is 42.0. The number of morpholine rings is 1. The molecule has 2 fully saturated rings. The number of piperazine rings is 1. The monoisotopic (exact) mass is 965 g/mol. The van der Waals surface area contributed by atoms with Crippen LogP contribution in [0.2, 0.25) is 5.02 Å². The highest BCUT2D eigenvalue weighted by Gasteiger charge is 2.42. The second kappa shape index (κ2) is 17.1. The molecular weight excluding hydrogens is 920 g/mol. The molecule has 1 unspecified atom stereocenters. The van der Waals surface area contributed by atoms with Crippen LogP contribution < -0.4 is 9.64 Å². The Balaban J connectivity index is 1.27. The molecule has 2 saturated heterocycles. The average Bonchev–Trinajstić information content (AvgIpc) is 3.61. The summed E-state index contributed by atoms with van der Waals surface area (Å²) in [6.45, 7) is 8.49. The molecule has 0 saturated carbocycles. The van der Waals surface area contributed by atoms with Crippen molar-refractivity contribution in [3.8, 4) is 17.1 Å². The number of carboxylic acid groups (broad SMARTS) is 1. The van der Waals surface area contributed by atoms with Crippen LogP contribution in [-0.4, -0.2) is 105 Å². The molecular formula is C48H46ClFIN7O4. The first-order valence-electron chi connectivity index (χ1n) is 20.7. The van der Waals surface area contributed by atoms with Gasteiger partial charge in [0.15, 0.2) is 5.82 Å². The van der Waals surface area contributed by atoms with Gasteiger partial charge in [0.05, 0.1) is 17.1 Å². The Morgan fingerprint density at radius 3 is 2.13 bits per heavy atom. The number of hydrogen-bond donors (Lipinski definition) is 1. The van der Waals surface area contributed by atoms with Gasteiger partial charge in [-0.3, -0.25) is 0 Å². The Kier molecular flexibility index (Phi) is 11.6. The SMILES string of the molecule is Cc1ccc2c(c(I)nn2C(c2ccccc2)(c2ccccc2)c2ccccc2)c1-c1c(Cl)cc2c(N3C[C@@H](C)N(C(=O)O)C[C@@H]3C)nc(OCC3CN(C)CCO3)nc2c1F. The summed E-state index contributed by atoms with van der Waals surface area (Å²) in [5.41, 5.74) is 4.51. The Morgan fingerprint density at radius 1 is 0.903 bits per heavy atom. The van der Waals surface area contributed by atoms with E-state index < -0.39 is 17.4 Å². The standard InChI is InChI=1S/C48H46ClFIN7O4/c1-29-20-21-38-41(44(51)54-58(38)48(32-14-8-5-9-15-32,33-16-10-6-11-17-33)34-18-12-7-13-19-34)39(29)40-37(49)24-36-43(42(40)50)52-46(62-28-35-27-55(4)22-23-61-35)53-45(36)56-25-31(3)57(47(59)60)26-30(56)2/h5-21,24,30-31,35H,22-23,25-28H2,1-4H3,(H,59,60)/t30-,31+,35?/m0/s1. The maximum Gasteiger partial charge on any atom is 0.407 e. The fourth-order valence-electron chi connectivity index (χ4n) is 9.25. The highest BCUT2D eigenvalue weighted by molar-refractivity contribution is 14.1. The van der Waals surface area contributed by atoms with E-state index in [0.29, 0.717) is 40.2 Å². The van der Waals surface area contributed by atoms with E-state index in [2.05, 4.69) is 74.6 Å². The fraction of sp³-hybridized carbons (Fsp3) is 0.292. The van der Waals surface area contributed by atoms with Crippen molar-refractivity contribution in [2.75, 3.05) is 51.3 Å². The van der Waals surface area contributed by atoms with Crippen molar-refractivity contribution in [3.63, 3.8) is 0 Å². The Morgan fingerprint density at radius 2 is 1.53 bits per heavy atom. The molecule has 11 nitrogen and oxygen atoms in total. The second-order valence-electron chi connectivity index (χ2n) is 16.3. The number of benzene rings is 5. The molecule has 0 radical (unpaired) electrons. The van der Waals surface area contributed by atoms with Gasteiger partial charge in [0.25, 0.3) is 0 Å². The molecule has 0 aliphatic carbocycles. The lowest BCUT2D eigenvalue weighted by Crippen LogP contribution is -2.58. The van der Waals surface area contributed by atoms with Crippen LogP contribution in [0.4, 0.5) is 15.0 Å². The van der Waals surface area contributed by atoms with Crippen LogP contribution in [0.15, 0.2) is 109 Å².